The average Bonchev–Trinajstić information content (AvgIpc) is 3.19. The molecule has 28 heavy (non-hydrogen) atoms. The van der Waals surface area contributed by atoms with E-state index in [1.807, 2.05) is 36.0 Å². The molecule has 0 saturated heterocycles. The highest BCUT2D eigenvalue weighted by Gasteiger charge is 2.10. The van der Waals surface area contributed by atoms with Crippen LogP contribution in [0.5, 0.6) is 5.75 Å². The predicted molar refractivity (Wildman–Crippen MR) is 118 cm³/mol. The van der Waals surface area contributed by atoms with Crippen LogP contribution in [-0.2, 0) is 17.8 Å². The topological polar surface area (TPSA) is 32.8 Å². The number of allylic oxidation sites excluding steroid dienone is 1. The van der Waals surface area contributed by atoms with Crippen LogP contribution in [0.3, 0.4) is 0 Å². The van der Waals surface area contributed by atoms with Gasteiger partial charge < -0.3 is 9.64 Å². The summed E-state index contributed by atoms with van der Waals surface area (Å²) in [5.74, 6) is 0.980. The van der Waals surface area contributed by atoms with E-state index in [2.05, 4.69) is 43.0 Å². The van der Waals surface area contributed by atoms with E-state index < -0.39 is 0 Å². The van der Waals surface area contributed by atoms with Crippen molar-refractivity contribution in [3.05, 3.63) is 64.4 Å². The summed E-state index contributed by atoms with van der Waals surface area (Å²) in [5, 5.41) is 4.02. The smallest absolute Gasteiger partial charge is 0.226 e. The fourth-order valence-electron chi connectivity index (χ4n) is 2.93. The van der Waals surface area contributed by atoms with Crippen LogP contribution < -0.4 is 4.74 Å². The second-order valence-electron chi connectivity index (χ2n) is 6.92. The normalized spacial score (nSPS) is 11.3. The highest BCUT2D eigenvalue weighted by molar-refractivity contribution is 7.08. The highest BCUT2D eigenvalue weighted by atomic mass is 32.1. The molecule has 5 heteroatoms. The Morgan fingerprint density at radius 3 is 2.79 bits per heavy atom. The Morgan fingerprint density at radius 2 is 2.07 bits per heavy atom. The molecule has 0 fully saturated rings. The zero-order valence-corrected chi connectivity index (χ0v) is 18.1. The minimum Gasteiger partial charge on any atom is -0.492 e. The van der Waals surface area contributed by atoms with Gasteiger partial charge in [-0.3, -0.25) is 9.69 Å². The van der Waals surface area contributed by atoms with E-state index in [0.717, 1.165) is 37.4 Å². The Morgan fingerprint density at radius 1 is 1.21 bits per heavy atom. The number of likely N-dealkylation sites (N-methyl/N-ethyl adjacent to an activating group) is 1. The first kappa shape index (κ1) is 22.2. The minimum absolute atomic E-state index is 0.120. The first-order valence-corrected chi connectivity index (χ1v) is 10.9. The van der Waals surface area contributed by atoms with Crippen LogP contribution >= 0.6 is 11.3 Å². The molecule has 0 N–H and O–H groups in total. The van der Waals surface area contributed by atoms with Gasteiger partial charge in [0.15, 0.2) is 0 Å². The molecule has 0 spiro atoms. The number of carbonyl (C=O) groups excluding carboxylic acids is 1. The number of amides is 1. The molecule has 0 bridgehead atoms. The van der Waals surface area contributed by atoms with Gasteiger partial charge in [0.1, 0.15) is 12.4 Å². The monoisotopic (exact) mass is 400 g/mol. The lowest BCUT2D eigenvalue weighted by molar-refractivity contribution is -0.129. The van der Waals surface area contributed by atoms with Crippen molar-refractivity contribution in [3.8, 4) is 5.75 Å². The SMILES string of the molecule is C/C=C/CN(CCC)Cc1cccc(OCCN(C)C(=O)Cc2ccsc2)c1. The first-order chi connectivity index (χ1) is 13.6. The third-order valence-corrected chi connectivity index (χ3v) is 5.23. The number of thiophene rings is 1. The molecule has 0 saturated carbocycles. The Bertz CT molecular complexity index is 728. The largest absolute Gasteiger partial charge is 0.492 e. The summed E-state index contributed by atoms with van der Waals surface area (Å²) in [6, 6.07) is 10.3. The molecule has 1 heterocycles. The maximum Gasteiger partial charge on any atom is 0.226 e. The van der Waals surface area contributed by atoms with Crippen LogP contribution in [-0.4, -0.2) is 49.0 Å². The van der Waals surface area contributed by atoms with Gasteiger partial charge in [0, 0.05) is 20.1 Å². The highest BCUT2D eigenvalue weighted by Crippen LogP contribution is 2.15. The molecular formula is C23H32N2O2S. The van der Waals surface area contributed by atoms with Gasteiger partial charge in [0.2, 0.25) is 5.91 Å². The van der Waals surface area contributed by atoms with E-state index in [1.54, 1.807) is 16.2 Å². The van der Waals surface area contributed by atoms with E-state index in [9.17, 15) is 4.79 Å². The number of hydrogen-bond donors (Lipinski definition) is 0. The molecule has 1 aromatic carbocycles. The number of nitrogens with zero attached hydrogens (tertiary/aromatic N) is 2. The van der Waals surface area contributed by atoms with Gasteiger partial charge in [-0.2, -0.15) is 11.3 Å². The van der Waals surface area contributed by atoms with Gasteiger partial charge in [0.25, 0.3) is 0 Å². The minimum atomic E-state index is 0.120. The van der Waals surface area contributed by atoms with E-state index in [-0.39, 0.29) is 5.91 Å². The fraction of sp³-hybridized carbons (Fsp3) is 0.435. The van der Waals surface area contributed by atoms with Gasteiger partial charge in [-0.15, -0.1) is 0 Å². The molecule has 0 aliphatic heterocycles. The van der Waals surface area contributed by atoms with E-state index in [0.29, 0.717) is 19.6 Å². The van der Waals surface area contributed by atoms with E-state index in [4.69, 9.17) is 4.74 Å². The van der Waals surface area contributed by atoms with Gasteiger partial charge >= 0.3 is 0 Å². The van der Waals surface area contributed by atoms with Crippen molar-refractivity contribution < 1.29 is 9.53 Å². The molecule has 152 valence electrons. The Hall–Kier alpha value is -2.11. The van der Waals surface area contributed by atoms with Crippen molar-refractivity contribution >= 4 is 17.2 Å². The maximum atomic E-state index is 12.2. The van der Waals surface area contributed by atoms with Crippen LogP contribution in [0.4, 0.5) is 0 Å². The number of benzene rings is 1. The van der Waals surface area contributed by atoms with Crippen molar-refractivity contribution in [2.75, 3.05) is 33.3 Å². The number of ether oxygens (including phenoxy) is 1. The molecule has 0 atom stereocenters. The Kier molecular flexibility index (Phi) is 9.80. The lowest BCUT2D eigenvalue weighted by Crippen LogP contribution is -2.32. The zero-order chi connectivity index (χ0) is 20.2. The summed E-state index contributed by atoms with van der Waals surface area (Å²) < 4.78 is 5.90. The van der Waals surface area contributed by atoms with Gasteiger partial charge in [-0.1, -0.05) is 31.2 Å². The van der Waals surface area contributed by atoms with Crippen molar-refractivity contribution in [2.24, 2.45) is 0 Å². The molecule has 0 aliphatic rings. The summed E-state index contributed by atoms with van der Waals surface area (Å²) in [4.78, 5) is 16.4. The van der Waals surface area contributed by atoms with Gasteiger partial charge in [-0.25, -0.2) is 0 Å². The molecule has 1 aromatic heterocycles. The number of carbonyl (C=O) groups is 1. The van der Waals surface area contributed by atoms with Crippen LogP contribution in [0.15, 0.2) is 53.2 Å². The lowest BCUT2D eigenvalue weighted by atomic mass is 10.2. The summed E-state index contributed by atoms with van der Waals surface area (Å²) in [6.07, 6.45) is 5.88. The molecule has 2 aromatic rings. The predicted octanol–water partition coefficient (Wildman–Crippen LogP) is 4.62. The van der Waals surface area contributed by atoms with Crippen LogP contribution in [0.1, 0.15) is 31.4 Å². The molecule has 0 radical (unpaired) electrons. The summed E-state index contributed by atoms with van der Waals surface area (Å²) >= 11 is 1.62. The van der Waals surface area contributed by atoms with E-state index >= 15 is 0 Å². The number of rotatable bonds is 12. The second kappa shape index (κ2) is 12.4. The van der Waals surface area contributed by atoms with Crippen LogP contribution in [0, 0.1) is 0 Å². The number of hydrogen-bond acceptors (Lipinski definition) is 4. The Balaban J connectivity index is 1.80. The van der Waals surface area contributed by atoms with Gasteiger partial charge in [0.05, 0.1) is 13.0 Å². The van der Waals surface area contributed by atoms with Crippen molar-refractivity contribution in [2.45, 2.75) is 33.2 Å². The third-order valence-electron chi connectivity index (χ3n) is 4.50. The van der Waals surface area contributed by atoms with Crippen LogP contribution in [0.2, 0.25) is 0 Å². The summed E-state index contributed by atoms with van der Waals surface area (Å²) in [6.45, 7) is 8.29. The second-order valence-corrected chi connectivity index (χ2v) is 7.70. The average molecular weight is 401 g/mol. The fourth-order valence-corrected chi connectivity index (χ4v) is 3.59. The van der Waals surface area contributed by atoms with Crippen LogP contribution in [0.25, 0.3) is 0 Å². The lowest BCUT2D eigenvalue weighted by Gasteiger charge is -2.20. The Labute approximate surface area is 173 Å². The molecule has 0 aliphatic carbocycles. The summed E-state index contributed by atoms with van der Waals surface area (Å²) in [5.41, 5.74) is 2.32. The standard InChI is InChI=1S/C23H32N2O2S/c1-4-6-12-25(11-5-2)18-20-8-7-9-22(16-20)27-14-13-24(3)23(26)17-21-10-15-28-19-21/h4,6-10,15-16,19H,5,11-14,17-18H2,1-3H3/b6-4+. The first-order valence-electron chi connectivity index (χ1n) is 9.92. The molecular weight excluding hydrogens is 368 g/mol. The molecule has 4 nitrogen and oxygen atoms in total. The molecule has 1 amide bonds. The van der Waals surface area contributed by atoms with Gasteiger partial charge in [-0.05, 0) is 60.0 Å². The molecule has 2 rings (SSSR count). The zero-order valence-electron chi connectivity index (χ0n) is 17.3. The van der Waals surface area contributed by atoms with Crippen molar-refractivity contribution in [1.29, 1.82) is 0 Å². The third kappa shape index (κ3) is 7.87. The maximum absolute atomic E-state index is 12.2. The van der Waals surface area contributed by atoms with Crippen molar-refractivity contribution in [3.63, 3.8) is 0 Å². The van der Waals surface area contributed by atoms with E-state index in [1.165, 1.54) is 5.56 Å². The molecule has 0 unspecified atom stereocenters. The van der Waals surface area contributed by atoms with Crippen molar-refractivity contribution in [1.82, 2.24) is 9.80 Å². The summed E-state index contributed by atoms with van der Waals surface area (Å²) in [7, 11) is 1.83. The quantitative estimate of drug-likeness (QED) is 0.488.